The second-order valence-electron chi connectivity index (χ2n) is 5.37. The highest BCUT2D eigenvalue weighted by Gasteiger charge is 2.28. The predicted molar refractivity (Wildman–Crippen MR) is 81.6 cm³/mol. The predicted octanol–water partition coefficient (Wildman–Crippen LogP) is 3.52. The van der Waals surface area contributed by atoms with E-state index in [1.807, 2.05) is 6.20 Å². The molecule has 0 aliphatic heterocycles. The van der Waals surface area contributed by atoms with Crippen molar-refractivity contribution in [3.05, 3.63) is 24.0 Å². The van der Waals surface area contributed by atoms with E-state index in [0.717, 1.165) is 25.6 Å². The van der Waals surface area contributed by atoms with Gasteiger partial charge in [0.25, 0.3) is 0 Å². The first kappa shape index (κ1) is 14.3. The molecule has 19 heavy (non-hydrogen) atoms. The lowest BCUT2D eigenvalue weighted by Gasteiger charge is -2.23. The first-order chi connectivity index (χ1) is 9.30. The quantitative estimate of drug-likeness (QED) is 0.776. The molecule has 1 heterocycles. The van der Waals surface area contributed by atoms with Gasteiger partial charge in [0.05, 0.1) is 17.6 Å². The van der Waals surface area contributed by atoms with Gasteiger partial charge in [-0.3, -0.25) is 4.98 Å². The van der Waals surface area contributed by atoms with Gasteiger partial charge < -0.3 is 10.2 Å². The van der Waals surface area contributed by atoms with Crippen LogP contribution in [0.15, 0.2) is 18.3 Å². The molecule has 2 rings (SSSR count). The molecule has 106 valence electrons. The minimum absolute atomic E-state index is 0.394. The van der Waals surface area contributed by atoms with E-state index in [1.165, 1.54) is 30.6 Å². The number of pyridine rings is 1. The van der Waals surface area contributed by atoms with Crippen molar-refractivity contribution in [2.45, 2.75) is 58.5 Å². The third kappa shape index (κ3) is 3.69. The summed E-state index contributed by atoms with van der Waals surface area (Å²) in [6, 6.07) is 5.58. The highest BCUT2D eigenvalue weighted by Crippen LogP contribution is 2.31. The van der Waals surface area contributed by atoms with E-state index in [0.29, 0.717) is 6.04 Å². The smallest absolute Gasteiger partial charge is 0.0574 e. The van der Waals surface area contributed by atoms with E-state index in [4.69, 9.17) is 0 Å². The van der Waals surface area contributed by atoms with Crippen LogP contribution in [0.3, 0.4) is 0 Å². The average Bonchev–Trinajstić information content (AvgIpc) is 3.27. The fourth-order valence-corrected chi connectivity index (χ4v) is 2.59. The van der Waals surface area contributed by atoms with Gasteiger partial charge in [0, 0.05) is 18.6 Å². The maximum absolute atomic E-state index is 4.68. The summed E-state index contributed by atoms with van der Waals surface area (Å²) in [6.45, 7) is 8.78. The Bertz CT molecular complexity index is 370. The number of hydrogen-bond donors (Lipinski definition) is 1. The Balaban J connectivity index is 2.03. The number of nitrogens with one attached hydrogen (secondary N) is 1. The minimum Gasteiger partial charge on any atom is -0.368 e. The van der Waals surface area contributed by atoms with Crippen molar-refractivity contribution in [2.24, 2.45) is 0 Å². The van der Waals surface area contributed by atoms with E-state index in [9.17, 15) is 0 Å². The Morgan fingerprint density at radius 3 is 2.58 bits per heavy atom. The van der Waals surface area contributed by atoms with Gasteiger partial charge in [-0.1, -0.05) is 13.8 Å². The van der Waals surface area contributed by atoms with Gasteiger partial charge in [-0.05, 0) is 51.3 Å². The molecule has 0 spiro atoms. The van der Waals surface area contributed by atoms with Crippen LogP contribution in [0, 0.1) is 0 Å². The largest absolute Gasteiger partial charge is 0.368 e. The molecule has 0 amide bonds. The first-order valence-corrected chi connectivity index (χ1v) is 7.76. The number of hydrogen-bond acceptors (Lipinski definition) is 3. The van der Waals surface area contributed by atoms with Crippen LogP contribution >= 0.6 is 0 Å². The van der Waals surface area contributed by atoms with Crippen LogP contribution in [0.5, 0.6) is 0 Å². The van der Waals surface area contributed by atoms with Crippen LogP contribution in [-0.4, -0.2) is 24.1 Å². The highest BCUT2D eigenvalue weighted by molar-refractivity contribution is 5.47. The normalized spacial score (nSPS) is 16.4. The minimum atomic E-state index is 0.394. The van der Waals surface area contributed by atoms with Gasteiger partial charge >= 0.3 is 0 Å². The molecule has 1 aromatic heterocycles. The van der Waals surface area contributed by atoms with E-state index < -0.39 is 0 Å². The molecule has 1 saturated carbocycles. The molecule has 1 aliphatic rings. The number of anilines is 1. The molecule has 1 N–H and O–H groups in total. The van der Waals surface area contributed by atoms with Gasteiger partial charge in [-0.2, -0.15) is 0 Å². The van der Waals surface area contributed by atoms with Crippen LogP contribution in [0.4, 0.5) is 5.69 Å². The standard InChI is InChI=1S/C16H27N3/c1-4-11-17-15(5-2)16-10-9-14(12-18-16)19(6-3)13-7-8-13/h9-10,12-13,15,17H,4-8,11H2,1-3H3. The number of rotatable bonds is 8. The second-order valence-corrected chi connectivity index (χ2v) is 5.37. The molecule has 0 aromatic carbocycles. The molecule has 3 nitrogen and oxygen atoms in total. The maximum atomic E-state index is 4.68. The van der Waals surface area contributed by atoms with Crippen LogP contribution in [-0.2, 0) is 0 Å². The summed E-state index contributed by atoms with van der Waals surface area (Å²) in [5.41, 5.74) is 2.45. The monoisotopic (exact) mass is 261 g/mol. The van der Waals surface area contributed by atoms with Crippen LogP contribution in [0.2, 0.25) is 0 Å². The Labute approximate surface area is 117 Å². The van der Waals surface area contributed by atoms with Gasteiger partial charge in [0.2, 0.25) is 0 Å². The summed E-state index contributed by atoms with van der Waals surface area (Å²) >= 11 is 0. The third-order valence-corrected chi connectivity index (χ3v) is 3.84. The zero-order valence-corrected chi connectivity index (χ0v) is 12.5. The molecule has 1 aromatic rings. The Morgan fingerprint density at radius 1 is 1.32 bits per heavy atom. The summed E-state index contributed by atoms with van der Waals surface area (Å²) in [5, 5.41) is 3.56. The van der Waals surface area contributed by atoms with Crippen molar-refractivity contribution in [3.63, 3.8) is 0 Å². The summed E-state index contributed by atoms with van der Waals surface area (Å²) < 4.78 is 0. The number of nitrogens with zero attached hydrogens (tertiary/aromatic N) is 2. The van der Waals surface area contributed by atoms with Crippen molar-refractivity contribution in [1.29, 1.82) is 0 Å². The van der Waals surface area contributed by atoms with Crippen molar-refractivity contribution in [2.75, 3.05) is 18.0 Å². The Kier molecular flexibility index (Phi) is 5.20. The summed E-state index contributed by atoms with van der Waals surface area (Å²) in [6.07, 6.45) is 6.98. The Morgan fingerprint density at radius 2 is 2.11 bits per heavy atom. The molecule has 1 aliphatic carbocycles. The lowest BCUT2D eigenvalue weighted by molar-refractivity contribution is 0.507. The average molecular weight is 261 g/mol. The first-order valence-electron chi connectivity index (χ1n) is 7.76. The van der Waals surface area contributed by atoms with E-state index in [-0.39, 0.29) is 0 Å². The molecule has 0 saturated heterocycles. The number of aromatic nitrogens is 1. The van der Waals surface area contributed by atoms with Gasteiger partial charge in [0.15, 0.2) is 0 Å². The van der Waals surface area contributed by atoms with Crippen molar-refractivity contribution in [3.8, 4) is 0 Å². The summed E-state index contributed by atoms with van der Waals surface area (Å²) in [7, 11) is 0. The zero-order valence-electron chi connectivity index (χ0n) is 12.5. The van der Waals surface area contributed by atoms with E-state index in [1.54, 1.807) is 0 Å². The van der Waals surface area contributed by atoms with Crippen molar-refractivity contribution < 1.29 is 0 Å². The molecule has 3 heteroatoms. The molecule has 1 fully saturated rings. The van der Waals surface area contributed by atoms with Crippen molar-refractivity contribution >= 4 is 5.69 Å². The van der Waals surface area contributed by atoms with Crippen LogP contribution < -0.4 is 10.2 Å². The van der Waals surface area contributed by atoms with Gasteiger partial charge in [-0.25, -0.2) is 0 Å². The topological polar surface area (TPSA) is 28.2 Å². The summed E-state index contributed by atoms with van der Waals surface area (Å²) in [4.78, 5) is 7.15. The zero-order chi connectivity index (χ0) is 13.7. The van der Waals surface area contributed by atoms with Crippen LogP contribution in [0.25, 0.3) is 0 Å². The molecule has 0 radical (unpaired) electrons. The Hall–Kier alpha value is -1.09. The molecule has 1 atom stereocenters. The fraction of sp³-hybridized carbons (Fsp3) is 0.688. The molecular weight excluding hydrogens is 234 g/mol. The molecular formula is C16H27N3. The van der Waals surface area contributed by atoms with Crippen molar-refractivity contribution in [1.82, 2.24) is 10.3 Å². The highest BCUT2D eigenvalue weighted by atomic mass is 15.2. The maximum Gasteiger partial charge on any atom is 0.0574 e. The van der Waals surface area contributed by atoms with Gasteiger partial charge in [0.1, 0.15) is 0 Å². The lowest BCUT2D eigenvalue weighted by Crippen LogP contribution is -2.26. The van der Waals surface area contributed by atoms with Gasteiger partial charge in [-0.15, -0.1) is 0 Å². The third-order valence-electron chi connectivity index (χ3n) is 3.84. The van der Waals surface area contributed by atoms with E-state index >= 15 is 0 Å². The SMILES string of the molecule is CCCNC(CC)c1ccc(N(CC)C2CC2)cn1. The second kappa shape index (κ2) is 6.90. The molecule has 0 bridgehead atoms. The summed E-state index contributed by atoms with van der Waals surface area (Å²) in [5.74, 6) is 0. The fourth-order valence-electron chi connectivity index (χ4n) is 2.59. The van der Waals surface area contributed by atoms with E-state index in [2.05, 4.69) is 48.1 Å². The lowest BCUT2D eigenvalue weighted by atomic mass is 10.1. The molecule has 1 unspecified atom stereocenters. The van der Waals surface area contributed by atoms with Crippen LogP contribution in [0.1, 0.15) is 58.2 Å².